The molecule has 0 radical (unpaired) electrons. The summed E-state index contributed by atoms with van der Waals surface area (Å²) in [5.41, 5.74) is 12.2. The highest BCUT2D eigenvalue weighted by molar-refractivity contribution is 6.10. The van der Waals surface area contributed by atoms with Gasteiger partial charge >= 0.3 is 0 Å². The van der Waals surface area contributed by atoms with Crippen LogP contribution < -0.4 is 16.0 Å². The second-order valence-electron chi connectivity index (χ2n) is 11.4. The smallest absolute Gasteiger partial charge is 0.228 e. The third kappa shape index (κ3) is 2.81. The SMILES string of the molecule is CN1c2ccc3[nH]ncc3c2[C@H]2C3CCC(C3)[C@H]2[C@]1(C)c1ccc(N)c(C(=N)NC(=O)C2CC2)c1. The van der Waals surface area contributed by atoms with E-state index in [1.165, 1.54) is 35.9 Å². The van der Waals surface area contributed by atoms with Gasteiger partial charge in [0.05, 0.1) is 17.3 Å². The van der Waals surface area contributed by atoms with E-state index >= 15 is 0 Å². The molecule has 7 rings (SSSR count). The van der Waals surface area contributed by atoms with Gasteiger partial charge in [0, 0.05) is 35.3 Å². The molecule has 5 atom stereocenters. The molecule has 180 valence electrons. The topological polar surface area (TPSA) is 111 Å². The van der Waals surface area contributed by atoms with Crippen LogP contribution in [0.25, 0.3) is 10.9 Å². The lowest BCUT2D eigenvalue weighted by Gasteiger charge is -2.55. The second-order valence-corrected chi connectivity index (χ2v) is 11.4. The molecule has 1 aromatic heterocycles. The zero-order chi connectivity index (χ0) is 24.1. The first-order valence-electron chi connectivity index (χ1n) is 12.9. The number of hydrogen-bond donors (Lipinski definition) is 4. The van der Waals surface area contributed by atoms with Crippen LogP contribution in [0.5, 0.6) is 0 Å². The van der Waals surface area contributed by atoms with Gasteiger partial charge in [0.2, 0.25) is 5.91 Å². The minimum Gasteiger partial charge on any atom is -0.398 e. The van der Waals surface area contributed by atoms with Crippen molar-refractivity contribution in [1.29, 1.82) is 5.41 Å². The fraction of sp³-hybridized carbons (Fsp3) is 0.464. The first-order valence-corrected chi connectivity index (χ1v) is 12.9. The third-order valence-electron chi connectivity index (χ3n) is 9.70. The van der Waals surface area contributed by atoms with Crippen LogP contribution in [0.15, 0.2) is 36.5 Å². The third-order valence-corrected chi connectivity index (χ3v) is 9.70. The van der Waals surface area contributed by atoms with Crippen molar-refractivity contribution in [2.45, 2.75) is 50.5 Å². The van der Waals surface area contributed by atoms with Gasteiger partial charge in [0.25, 0.3) is 0 Å². The van der Waals surface area contributed by atoms with E-state index in [-0.39, 0.29) is 23.2 Å². The number of nitrogen functional groups attached to an aromatic ring is 1. The van der Waals surface area contributed by atoms with Gasteiger partial charge in [0.1, 0.15) is 5.84 Å². The molecule has 7 nitrogen and oxygen atoms in total. The van der Waals surface area contributed by atoms with E-state index in [1.807, 2.05) is 12.3 Å². The Hall–Kier alpha value is -3.35. The van der Waals surface area contributed by atoms with Crippen LogP contribution in [0.3, 0.4) is 0 Å². The molecule has 7 heteroatoms. The number of rotatable bonds is 3. The van der Waals surface area contributed by atoms with Crippen LogP contribution in [-0.4, -0.2) is 29.0 Å². The Morgan fingerprint density at radius 1 is 1.20 bits per heavy atom. The number of carbonyl (C=O) groups is 1. The van der Waals surface area contributed by atoms with Crippen LogP contribution in [0.2, 0.25) is 0 Å². The Balaban J connectivity index is 1.37. The number of carbonyl (C=O) groups excluding carboxylic acids is 1. The number of amides is 1. The van der Waals surface area contributed by atoms with Crippen molar-refractivity contribution in [2.75, 3.05) is 17.7 Å². The average Bonchev–Trinajstić information content (AvgIpc) is 3.24. The normalized spacial score (nSPS) is 30.9. The van der Waals surface area contributed by atoms with E-state index in [9.17, 15) is 4.79 Å². The number of fused-ring (bicyclic) bond motifs is 9. The van der Waals surface area contributed by atoms with Gasteiger partial charge in [-0.05, 0) is 98.1 Å². The molecule has 35 heavy (non-hydrogen) atoms. The molecule has 2 aromatic carbocycles. The maximum atomic E-state index is 12.4. The molecule has 2 heterocycles. The molecule has 4 aliphatic rings. The Labute approximate surface area is 205 Å². The van der Waals surface area contributed by atoms with Gasteiger partial charge in [-0.2, -0.15) is 5.10 Å². The van der Waals surface area contributed by atoms with Crippen molar-refractivity contribution in [1.82, 2.24) is 15.5 Å². The number of amidine groups is 1. The Morgan fingerprint density at radius 2 is 2.00 bits per heavy atom. The highest BCUT2D eigenvalue weighted by Gasteiger charge is 2.60. The number of nitrogens with zero attached hydrogens (tertiary/aromatic N) is 2. The number of anilines is 2. The first-order chi connectivity index (χ1) is 16.9. The highest BCUT2D eigenvalue weighted by Crippen LogP contribution is 2.67. The van der Waals surface area contributed by atoms with Crippen molar-refractivity contribution >= 4 is 34.0 Å². The van der Waals surface area contributed by atoms with Crippen molar-refractivity contribution in [3.8, 4) is 0 Å². The summed E-state index contributed by atoms with van der Waals surface area (Å²) in [6.07, 6.45) is 7.67. The molecule has 3 aliphatic carbocycles. The maximum Gasteiger partial charge on any atom is 0.228 e. The quantitative estimate of drug-likeness (QED) is 0.258. The van der Waals surface area contributed by atoms with Gasteiger partial charge in [-0.15, -0.1) is 0 Å². The summed E-state index contributed by atoms with van der Waals surface area (Å²) in [4.78, 5) is 14.8. The molecule has 3 aromatic rings. The fourth-order valence-corrected chi connectivity index (χ4v) is 7.77. The highest BCUT2D eigenvalue weighted by atomic mass is 16.2. The van der Waals surface area contributed by atoms with Gasteiger partial charge in [-0.1, -0.05) is 6.07 Å². The number of nitrogens with one attached hydrogen (secondary N) is 3. The number of H-pyrrole nitrogens is 1. The van der Waals surface area contributed by atoms with Crippen LogP contribution in [0, 0.1) is 29.1 Å². The van der Waals surface area contributed by atoms with Gasteiger partial charge < -0.3 is 16.0 Å². The zero-order valence-corrected chi connectivity index (χ0v) is 20.3. The van der Waals surface area contributed by atoms with Gasteiger partial charge in [0.15, 0.2) is 0 Å². The lowest BCUT2D eigenvalue weighted by atomic mass is 9.60. The lowest BCUT2D eigenvalue weighted by Crippen LogP contribution is -2.54. The number of hydrogen-bond acceptors (Lipinski definition) is 5. The van der Waals surface area contributed by atoms with E-state index < -0.39 is 0 Å². The van der Waals surface area contributed by atoms with Crippen molar-refractivity contribution in [3.05, 3.63) is 53.2 Å². The van der Waals surface area contributed by atoms with E-state index in [1.54, 1.807) is 0 Å². The fourth-order valence-electron chi connectivity index (χ4n) is 7.77. The van der Waals surface area contributed by atoms with Gasteiger partial charge in [-0.3, -0.25) is 15.3 Å². The predicted octanol–water partition coefficient (Wildman–Crippen LogP) is 4.49. The van der Waals surface area contributed by atoms with Crippen LogP contribution in [-0.2, 0) is 10.3 Å². The first kappa shape index (κ1) is 21.0. The molecule has 1 amide bonds. The summed E-state index contributed by atoms with van der Waals surface area (Å²) in [5, 5.41) is 20.2. The van der Waals surface area contributed by atoms with E-state index in [0.29, 0.717) is 34.9 Å². The monoisotopic (exact) mass is 468 g/mol. The largest absolute Gasteiger partial charge is 0.398 e. The Bertz CT molecular complexity index is 1390. The van der Waals surface area contributed by atoms with Crippen molar-refractivity contribution in [2.24, 2.45) is 23.7 Å². The minimum absolute atomic E-state index is 0.0489. The summed E-state index contributed by atoms with van der Waals surface area (Å²) in [7, 11) is 2.21. The lowest BCUT2D eigenvalue weighted by molar-refractivity contribution is -0.120. The predicted molar refractivity (Wildman–Crippen MR) is 137 cm³/mol. The Kier molecular flexibility index (Phi) is 4.25. The van der Waals surface area contributed by atoms with E-state index in [0.717, 1.165) is 23.9 Å². The molecule has 2 bridgehead atoms. The van der Waals surface area contributed by atoms with E-state index in [4.69, 9.17) is 11.1 Å². The Morgan fingerprint density at radius 3 is 2.80 bits per heavy atom. The molecular formula is C28H32N6O. The number of aromatic nitrogens is 2. The number of aromatic amines is 1. The molecule has 5 N–H and O–H groups in total. The molecule has 3 saturated carbocycles. The molecule has 0 spiro atoms. The van der Waals surface area contributed by atoms with Gasteiger partial charge in [-0.25, -0.2) is 0 Å². The maximum absolute atomic E-state index is 12.4. The summed E-state index contributed by atoms with van der Waals surface area (Å²) < 4.78 is 0. The summed E-state index contributed by atoms with van der Waals surface area (Å²) in [5.74, 6) is 2.41. The van der Waals surface area contributed by atoms with Crippen LogP contribution >= 0.6 is 0 Å². The molecule has 0 saturated heterocycles. The van der Waals surface area contributed by atoms with Crippen LogP contribution in [0.4, 0.5) is 11.4 Å². The zero-order valence-electron chi connectivity index (χ0n) is 20.3. The number of benzene rings is 2. The minimum atomic E-state index is -0.252. The average molecular weight is 469 g/mol. The van der Waals surface area contributed by atoms with E-state index in [2.05, 4.69) is 58.7 Å². The molecular weight excluding hydrogens is 436 g/mol. The van der Waals surface area contributed by atoms with Crippen molar-refractivity contribution < 1.29 is 4.79 Å². The second kappa shape index (κ2) is 7.09. The summed E-state index contributed by atoms with van der Waals surface area (Å²) in [6.45, 7) is 2.37. The number of nitrogens with two attached hydrogens (primary N) is 1. The summed E-state index contributed by atoms with van der Waals surface area (Å²) in [6, 6.07) is 10.5. The summed E-state index contributed by atoms with van der Waals surface area (Å²) >= 11 is 0. The molecule has 2 unspecified atom stereocenters. The standard InChI is InChI=1S/C28H32N6O/c1-28(17-7-8-20(29)18(12-17)26(30)32-27(35)14-3-4-14)25-16-6-5-15(11-16)23(25)24-19-13-31-33-21(19)9-10-22(24)34(28)2/h7-10,12-16,23,25H,3-6,11,29H2,1-2H3,(H,31,33)(H2,30,32,35)/t15?,16?,23-,25-,28+/m1/s1. The molecule has 3 fully saturated rings. The molecule has 1 aliphatic heterocycles. The van der Waals surface area contributed by atoms with Crippen LogP contribution in [0.1, 0.15) is 61.6 Å². The van der Waals surface area contributed by atoms with Crippen molar-refractivity contribution in [3.63, 3.8) is 0 Å².